The first kappa shape index (κ1) is 17.9. The summed E-state index contributed by atoms with van der Waals surface area (Å²) in [6.07, 6.45) is -0.465. The van der Waals surface area contributed by atoms with Gasteiger partial charge in [0.05, 0.1) is 19.2 Å². The topological polar surface area (TPSA) is 55.8 Å². The second kappa shape index (κ2) is 6.80. The Labute approximate surface area is 140 Å². The van der Waals surface area contributed by atoms with Gasteiger partial charge in [-0.2, -0.15) is 13.2 Å². The Morgan fingerprint density at radius 1 is 1.21 bits per heavy atom. The summed E-state index contributed by atoms with van der Waals surface area (Å²) in [7, 11) is 0. The number of carbonyl (C=O) groups is 1. The molecule has 0 aromatic heterocycles. The van der Waals surface area contributed by atoms with Crippen molar-refractivity contribution in [3.8, 4) is 0 Å². The summed E-state index contributed by atoms with van der Waals surface area (Å²) in [5, 5.41) is 12.9. The van der Waals surface area contributed by atoms with E-state index in [4.69, 9.17) is 0 Å². The molecule has 0 radical (unpaired) electrons. The van der Waals surface area contributed by atoms with Crippen molar-refractivity contribution in [2.45, 2.75) is 68.8 Å². The molecule has 3 aliphatic rings. The summed E-state index contributed by atoms with van der Waals surface area (Å²) in [5.74, 6) is -0.145. The van der Waals surface area contributed by atoms with Crippen LogP contribution in [0.25, 0.3) is 0 Å². The smallest absolute Gasteiger partial charge is 0.390 e. The highest BCUT2D eigenvalue weighted by molar-refractivity contribution is 5.88. The largest absolute Gasteiger partial charge is 0.391 e. The van der Waals surface area contributed by atoms with Gasteiger partial charge in [0.1, 0.15) is 5.54 Å². The molecule has 138 valence electrons. The van der Waals surface area contributed by atoms with Crippen molar-refractivity contribution in [3.05, 3.63) is 0 Å². The molecule has 2 heterocycles. The van der Waals surface area contributed by atoms with Crippen molar-refractivity contribution in [3.63, 3.8) is 0 Å². The zero-order chi connectivity index (χ0) is 17.4. The number of aliphatic hydroxyl groups is 1. The number of nitrogens with zero attached hydrogens (tertiary/aromatic N) is 2. The third-order valence-corrected chi connectivity index (χ3v) is 5.91. The van der Waals surface area contributed by atoms with E-state index in [2.05, 4.69) is 10.2 Å². The lowest BCUT2D eigenvalue weighted by Crippen LogP contribution is -2.59. The van der Waals surface area contributed by atoms with E-state index in [-0.39, 0.29) is 31.3 Å². The summed E-state index contributed by atoms with van der Waals surface area (Å²) in [6.45, 7) is 1.35. The van der Waals surface area contributed by atoms with Gasteiger partial charge in [-0.15, -0.1) is 0 Å². The standard InChI is InChI=1S/C16H26F3N3O2/c17-16(18,19)7-10-22-11-20-14(24)15(22)5-8-21(9-6-15)12-3-1-2-4-13(12)23/h12-13,23H,1-11H2,(H,20,24)/t12-,13?/m1/s1. The zero-order valence-corrected chi connectivity index (χ0v) is 13.8. The Balaban J connectivity index is 1.62. The minimum absolute atomic E-state index is 0.129. The molecule has 2 N–H and O–H groups in total. The fourth-order valence-corrected chi connectivity index (χ4v) is 4.47. The lowest BCUT2D eigenvalue weighted by molar-refractivity contribution is -0.145. The number of piperidine rings is 1. The summed E-state index contributed by atoms with van der Waals surface area (Å²) < 4.78 is 37.6. The van der Waals surface area contributed by atoms with Gasteiger partial charge in [0.15, 0.2) is 0 Å². The number of hydrogen-bond donors (Lipinski definition) is 2. The minimum atomic E-state index is -4.21. The molecule has 0 aromatic carbocycles. The van der Waals surface area contributed by atoms with Crippen molar-refractivity contribution >= 4 is 5.91 Å². The van der Waals surface area contributed by atoms with Crippen molar-refractivity contribution in [1.29, 1.82) is 0 Å². The van der Waals surface area contributed by atoms with E-state index in [1.54, 1.807) is 4.90 Å². The molecular formula is C16H26F3N3O2. The number of alkyl halides is 3. The second-order valence-corrected chi connectivity index (χ2v) is 7.28. The van der Waals surface area contributed by atoms with Gasteiger partial charge in [0, 0.05) is 25.7 Å². The molecule has 1 unspecified atom stereocenters. The zero-order valence-electron chi connectivity index (χ0n) is 13.8. The van der Waals surface area contributed by atoms with Gasteiger partial charge in [0.25, 0.3) is 0 Å². The van der Waals surface area contributed by atoms with Crippen LogP contribution in [-0.2, 0) is 4.79 Å². The van der Waals surface area contributed by atoms with E-state index in [9.17, 15) is 23.1 Å². The third-order valence-electron chi connectivity index (χ3n) is 5.91. The van der Waals surface area contributed by atoms with Crippen LogP contribution in [-0.4, -0.2) is 71.0 Å². The highest BCUT2D eigenvalue weighted by Crippen LogP contribution is 2.36. The fourth-order valence-electron chi connectivity index (χ4n) is 4.47. The maximum absolute atomic E-state index is 12.5. The third kappa shape index (κ3) is 3.55. The molecule has 1 spiro atoms. The monoisotopic (exact) mass is 349 g/mol. The summed E-state index contributed by atoms with van der Waals surface area (Å²) in [4.78, 5) is 16.2. The fraction of sp³-hybridized carbons (Fsp3) is 0.938. The number of rotatable bonds is 3. The number of halogens is 3. The van der Waals surface area contributed by atoms with Crippen LogP contribution in [0.1, 0.15) is 44.9 Å². The van der Waals surface area contributed by atoms with Crippen LogP contribution >= 0.6 is 0 Å². The molecule has 3 rings (SSSR count). The number of hydrogen-bond acceptors (Lipinski definition) is 4. The van der Waals surface area contributed by atoms with E-state index in [1.165, 1.54) is 0 Å². The molecule has 2 atom stereocenters. The van der Waals surface area contributed by atoms with E-state index in [0.717, 1.165) is 25.7 Å². The molecule has 0 aromatic rings. The van der Waals surface area contributed by atoms with Gasteiger partial charge in [-0.1, -0.05) is 12.8 Å². The van der Waals surface area contributed by atoms with Crippen LogP contribution in [0.3, 0.4) is 0 Å². The van der Waals surface area contributed by atoms with Gasteiger partial charge < -0.3 is 10.4 Å². The van der Waals surface area contributed by atoms with Crippen LogP contribution < -0.4 is 5.32 Å². The lowest BCUT2D eigenvalue weighted by atomic mass is 9.83. The Kier molecular flexibility index (Phi) is 5.09. The molecule has 2 saturated heterocycles. The van der Waals surface area contributed by atoms with Crippen LogP contribution in [0, 0.1) is 0 Å². The van der Waals surface area contributed by atoms with Crippen molar-refractivity contribution in [2.24, 2.45) is 0 Å². The number of amides is 1. The minimum Gasteiger partial charge on any atom is -0.391 e. The number of likely N-dealkylation sites (tertiary alicyclic amines) is 1. The van der Waals surface area contributed by atoms with Crippen molar-refractivity contribution in [2.75, 3.05) is 26.3 Å². The van der Waals surface area contributed by atoms with Gasteiger partial charge in [-0.05, 0) is 25.7 Å². The van der Waals surface area contributed by atoms with Crippen LogP contribution in [0.15, 0.2) is 0 Å². The predicted molar refractivity (Wildman–Crippen MR) is 82.2 cm³/mol. The van der Waals surface area contributed by atoms with E-state index in [1.807, 2.05) is 0 Å². The molecule has 0 bridgehead atoms. The van der Waals surface area contributed by atoms with Gasteiger partial charge in [-0.25, -0.2) is 0 Å². The number of carbonyl (C=O) groups excluding carboxylic acids is 1. The van der Waals surface area contributed by atoms with Crippen LogP contribution in [0.2, 0.25) is 0 Å². The Morgan fingerprint density at radius 3 is 2.50 bits per heavy atom. The van der Waals surface area contributed by atoms with E-state index < -0.39 is 18.1 Å². The van der Waals surface area contributed by atoms with E-state index in [0.29, 0.717) is 25.9 Å². The molecule has 1 aliphatic carbocycles. The maximum atomic E-state index is 12.5. The molecule has 1 saturated carbocycles. The predicted octanol–water partition coefficient (Wildman–Crippen LogP) is 1.47. The maximum Gasteiger partial charge on any atom is 0.390 e. The van der Waals surface area contributed by atoms with Crippen molar-refractivity contribution in [1.82, 2.24) is 15.1 Å². The number of nitrogens with one attached hydrogen (secondary N) is 1. The normalized spacial score (nSPS) is 32.2. The van der Waals surface area contributed by atoms with Crippen LogP contribution in [0.4, 0.5) is 13.2 Å². The van der Waals surface area contributed by atoms with Gasteiger partial charge in [0.2, 0.25) is 5.91 Å². The SMILES string of the molecule is O=C1NCN(CCC(F)(F)F)C12CCN([C@@H]1CCCCC1O)CC2. The highest BCUT2D eigenvalue weighted by Gasteiger charge is 2.51. The summed E-state index contributed by atoms with van der Waals surface area (Å²) in [5.41, 5.74) is -0.804. The second-order valence-electron chi connectivity index (χ2n) is 7.28. The van der Waals surface area contributed by atoms with E-state index >= 15 is 0 Å². The molecule has 24 heavy (non-hydrogen) atoms. The first-order chi connectivity index (χ1) is 11.3. The lowest BCUT2D eigenvalue weighted by Gasteiger charge is -2.46. The number of aliphatic hydroxyl groups excluding tert-OH is 1. The molecule has 3 fully saturated rings. The average molecular weight is 349 g/mol. The van der Waals surface area contributed by atoms with Gasteiger partial charge >= 0.3 is 6.18 Å². The quantitative estimate of drug-likeness (QED) is 0.810. The average Bonchev–Trinajstić information content (AvgIpc) is 2.83. The first-order valence-electron chi connectivity index (χ1n) is 8.84. The summed E-state index contributed by atoms with van der Waals surface area (Å²) >= 11 is 0. The van der Waals surface area contributed by atoms with Crippen LogP contribution in [0.5, 0.6) is 0 Å². The van der Waals surface area contributed by atoms with Crippen molar-refractivity contribution < 1.29 is 23.1 Å². The Hall–Kier alpha value is -0.860. The molecule has 5 nitrogen and oxygen atoms in total. The Bertz CT molecular complexity index is 464. The molecule has 8 heteroatoms. The molecule has 1 amide bonds. The highest BCUT2D eigenvalue weighted by atomic mass is 19.4. The Morgan fingerprint density at radius 2 is 1.88 bits per heavy atom. The molecular weight excluding hydrogens is 323 g/mol. The van der Waals surface area contributed by atoms with Gasteiger partial charge in [-0.3, -0.25) is 14.6 Å². The summed E-state index contributed by atoms with van der Waals surface area (Å²) in [6, 6.07) is 0.129. The first-order valence-corrected chi connectivity index (χ1v) is 8.84. The molecule has 2 aliphatic heterocycles.